The van der Waals surface area contributed by atoms with E-state index in [1.807, 2.05) is 0 Å². The lowest BCUT2D eigenvalue weighted by atomic mass is 10.2. The molecule has 2 aromatic rings. The zero-order valence-electron chi connectivity index (χ0n) is 12.5. The van der Waals surface area contributed by atoms with E-state index in [2.05, 4.69) is 10.3 Å². The van der Waals surface area contributed by atoms with Crippen LogP contribution in [0.25, 0.3) is 0 Å². The van der Waals surface area contributed by atoms with Gasteiger partial charge in [0.2, 0.25) is 0 Å². The Kier molecular flexibility index (Phi) is 5.49. The number of carboxylic acids is 1. The van der Waals surface area contributed by atoms with E-state index < -0.39 is 23.9 Å². The highest BCUT2D eigenvalue weighted by Crippen LogP contribution is 2.13. The first-order valence-corrected chi connectivity index (χ1v) is 7.21. The molecule has 0 saturated heterocycles. The predicted octanol–water partition coefficient (Wildman–Crippen LogP) is 2.62. The van der Waals surface area contributed by atoms with Crippen molar-refractivity contribution in [3.63, 3.8) is 0 Å². The Bertz CT molecular complexity index is 794. The van der Waals surface area contributed by atoms with Gasteiger partial charge in [0.25, 0.3) is 5.91 Å². The Morgan fingerprint density at radius 1 is 1.21 bits per heavy atom. The van der Waals surface area contributed by atoms with E-state index in [4.69, 9.17) is 21.4 Å². The number of carboxylic acid groups (broad SMARTS) is 1. The maximum absolute atomic E-state index is 12.1. The molecule has 2 N–H and O–H groups in total. The van der Waals surface area contributed by atoms with Gasteiger partial charge in [0.05, 0.1) is 11.1 Å². The van der Waals surface area contributed by atoms with E-state index in [9.17, 15) is 14.4 Å². The molecule has 0 saturated carbocycles. The molecule has 1 atom stereocenters. The fraction of sp³-hybridized carbons (Fsp3) is 0.125. The number of rotatable bonds is 5. The number of carbonyl (C=O) groups excluding carboxylic acids is 2. The van der Waals surface area contributed by atoms with Crippen molar-refractivity contribution >= 4 is 35.1 Å². The van der Waals surface area contributed by atoms with Gasteiger partial charge in [0, 0.05) is 11.9 Å². The number of aromatic carboxylic acids is 1. The van der Waals surface area contributed by atoms with Crippen molar-refractivity contribution in [2.24, 2.45) is 0 Å². The number of pyridine rings is 1. The third-order valence-electron chi connectivity index (χ3n) is 2.99. The van der Waals surface area contributed by atoms with E-state index in [0.717, 1.165) is 0 Å². The van der Waals surface area contributed by atoms with E-state index in [-0.39, 0.29) is 22.0 Å². The second kappa shape index (κ2) is 7.56. The van der Waals surface area contributed by atoms with Crippen LogP contribution in [0, 0.1) is 0 Å². The summed E-state index contributed by atoms with van der Waals surface area (Å²) in [7, 11) is 0. The molecular weight excluding hydrogens is 336 g/mol. The Hall–Kier alpha value is -2.93. The van der Waals surface area contributed by atoms with Crippen LogP contribution in [0.1, 0.15) is 27.6 Å². The van der Waals surface area contributed by atoms with Gasteiger partial charge in [-0.1, -0.05) is 17.7 Å². The molecule has 0 aliphatic heterocycles. The van der Waals surface area contributed by atoms with Gasteiger partial charge in [-0.05, 0) is 37.3 Å². The van der Waals surface area contributed by atoms with Crippen LogP contribution in [0.2, 0.25) is 5.15 Å². The predicted molar refractivity (Wildman–Crippen MR) is 86.2 cm³/mol. The zero-order chi connectivity index (χ0) is 17.7. The first-order chi connectivity index (χ1) is 11.4. The molecule has 8 heteroatoms. The minimum atomic E-state index is -1.11. The second-order valence-electron chi connectivity index (χ2n) is 4.79. The molecule has 1 aromatic carbocycles. The highest BCUT2D eigenvalue weighted by Gasteiger charge is 2.19. The molecular formula is C16H13ClN2O5. The van der Waals surface area contributed by atoms with Gasteiger partial charge < -0.3 is 15.2 Å². The standard InChI is InChI=1S/C16H13ClN2O5/c1-9(24-16(23)11-5-6-18-13(17)8-11)14(20)19-12-4-2-3-10(7-12)15(21)22/h2-9H,1H3,(H,19,20)(H,21,22). The van der Waals surface area contributed by atoms with E-state index in [0.29, 0.717) is 0 Å². The number of benzene rings is 1. The van der Waals surface area contributed by atoms with Crippen molar-refractivity contribution in [1.29, 1.82) is 0 Å². The Balaban J connectivity index is 2.01. The van der Waals surface area contributed by atoms with Gasteiger partial charge in [0.1, 0.15) is 5.15 Å². The number of anilines is 1. The third-order valence-corrected chi connectivity index (χ3v) is 3.20. The summed E-state index contributed by atoms with van der Waals surface area (Å²) in [5, 5.41) is 11.5. The monoisotopic (exact) mass is 348 g/mol. The number of nitrogens with zero attached hydrogens (tertiary/aromatic N) is 1. The molecule has 1 unspecified atom stereocenters. The van der Waals surface area contributed by atoms with Gasteiger partial charge in [-0.25, -0.2) is 14.6 Å². The number of amides is 1. The number of halogens is 1. The van der Waals surface area contributed by atoms with Crippen LogP contribution in [0.15, 0.2) is 42.6 Å². The molecule has 1 amide bonds. The lowest BCUT2D eigenvalue weighted by molar-refractivity contribution is -0.123. The molecule has 1 heterocycles. The molecule has 0 bridgehead atoms. The first-order valence-electron chi connectivity index (χ1n) is 6.83. The summed E-state index contributed by atoms with van der Waals surface area (Å²) >= 11 is 5.69. The summed E-state index contributed by atoms with van der Waals surface area (Å²) in [6.07, 6.45) is 0.263. The molecule has 124 valence electrons. The SMILES string of the molecule is CC(OC(=O)c1ccnc(Cl)c1)C(=O)Nc1cccc(C(=O)O)c1. The van der Waals surface area contributed by atoms with Gasteiger partial charge >= 0.3 is 11.9 Å². The Labute approximate surface area is 142 Å². The minimum Gasteiger partial charge on any atom is -0.478 e. The first kappa shape index (κ1) is 17.4. The molecule has 0 aliphatic rings. The Morgan fingerprint density at radius 3 is 2.62 bits per heavy atom. The topological polar surface area (TPSA) is 106 Å². The van der Waals surface area contributed by atoms with E-state index in [1.165, 1.54) is 49.5 Å². The van der Waals surface area contributed by atoms with E-state index >= 15 is 0 Å². The number of nitrogens with one attached hydrogen (secondary N) is 1. The molecule has 1 aromatic heterocycles. The van der Waals surface area contributed by atoms with Crippen molar-refractivity contribution in [3.8, 4) is 0 Å². The smallest absolute Gasteiger partial charge is 0.339 e. The van der Waals surface area contributed by atoms with Crippen LogP contribution < -0.4 is 5.32 Å². The van der Waals surface area contributed by atoms with Crippen LogP contribution in [-0.2, 0) is 9.53 Å². The van der Waals surface area contributed by atoms with Crippen LogP contribution in [-0.4, -0.2) is 34.0 Å². The molecule has 0 fully saturated rings. The number of ether oxygens (including phenoxy) is 1. The summed E-state index contributed by atoms with van der Waals surface area (Å²) in [6.45, 7) is 1.40. The minimum absolute atomic E-state index is 0.0314. The summed E-state index contributed by atoms with van der Waals surface area (Å²) in [4.78, 5) is 38.6. The van der Waals surface area contributed by atoms with Crippen LogP contribution >= 0.6 is 11.6 Å². The number of hydrogen-bond donors (Lipinski definition) is 2. The number of aromatic nitrogens is 1. The number of hydrogen-bond acceptors (Lipinski definition) is 5. The fourth-order valence-electron chi connectivity index (χ4n) is 1.79. The average Bonchev–Trinajstić information content (AvgIpc) is 2.54. The maximum atomic E-state index is 12.1. The van der Waals surface area contributed by atoms with Crippen molar-refractivity contribution in [2.45, 2.75) is 13.0 Å². The number of carbonyl (C=O) groups is 3. The average molecular weight is 349 g/mol. The van der Waals surface area contributed by atoms with Gasteiger partial charge in [-0.3, -0.25) is 4.79 Å². The lowest BCUT2D eigenvalue weighted by Gasteiger charge is -2.13. The van der Waals surface area contributed by atoms with Crippen molar-refractivity contribution in [3.05, 3.63) is 58.9 Å². The largest absolute Gasteiger partial charge is 0.478 e. The molecule has 2 rings (SSSR count). The van der Waals surface area contributed by atoms with Gasteiger partial charge in [0.15, 0.2) is 6.10 Å². The van der Waals surface area contributed by atoms with Crippen molar-refractivity contribution in [1.82, 2.24) is 4.98 Å². The normalized spacial score (nSPS) is 11.4. The molecule has 7 nitrogen and oxygen atoms in total. The lowest BCUT2D eigenvalue weighted by Crippen LogP contribution is -2.30. The maximum Gasteiger partial charge on any atom is 0.339 e. The summed E-state index contributed by atoms with van der Waals surface area (Å²) in [6, 6.07) is 8.46. The fourth-order valence-corrected chi connectivity index (χ4v) is 1.96. The summed E-state index contributed by atoms with van der Waals surface area (Å²) < 4.78 is 5.05. The Morgan fingerprint density at radius 2 is 1.96 bits per heavy atom. The molecule has 0 spiro atoms. The quantitative estimate of drug-likeness (QED) is 0.635. The van der Waals surface area contributed by atoms with Crippen LogP contribution in [0.4, 0.5) is 5.69 Å². The van der Waals surface area contributed by atoms with Crippen molar-refractivity contribution in [2.75, 3.05) is 5.32 Å². The number of esters is 1. The highest BCUT2D eigenvalue weighted by atomic mass is 35.5. The zero-order valence-corrected chi connectivity index (χ0v) is 13.3. The second-order valence-corrected chi connectivity index (χ2v) is 5.18. The van der Waals surface area contributed by atoms with Crippen LogP contribution in [0.5, 0.6) is 0 Å². The van der Waals surface area contributed by atoms with Gasteiger partial charge in [-0.15, -0.1) is 0 Å². The van der Waals surface area contributed by atoms with Gasteiger partial charge in [-0.2, -0.15) is 0 Å². The summed E-state index contributed by atoms with van der Waals surface area (Å²) in [5.41, 5.74) is 0.487. The molecule has 0 radical (unpaired) electrons. The third kappa shape index (κ3) is 4.53. The molecule has 24 heavy (non-hydrogen) atoms. The molecule has 0 aliphatic carbocycles. The van der Waals surface area contributed by atoms with Crippen LogP contribution in [0.3, 0.4) is 0 Å². The van der Waals surface area contributed by atoms with E-state index in [1.54, 1.807) is 0 Å². The summed E-state index contributed by atoms with van der Waals surface area (Å²) in [5.74, 6) is -2.42. The highest BCUT2D eigenvalue weighted by molar-refractivity contribution is 6.29. The van der Waals surface area contributed by atoms with Crippen molar-refractivity contribution < 1.29 is 24.2 Å².